The fraction of sp³-hybridized carbons (Fsp3) is 0.333. The quantitative estimate of drug-likeness (QED) is 0.797. The van der Waals surface area contributed by atoms with Gasteiger partial charge in [0.2, 0.25) is 0 Å². The Bertz CT molecular complexity index is 592. The van der Waals surface area contributed by atoms with E-state index in [1.165, 1.54) is 16.7 Å². The van der Waals surface area contributed by atoms with E-state index in [1.807, 2.05) is 18.2 Å². The molecule has 0 saturated heterocycles. The molecule has 0 spiro atoms. The number of nitrogens with one attached hydrogen (secondary N) is 1. The van der Waals surface area contributed by atoms with Crippen LogP contribution in [0.25, 0.3) is 0 Å². The summed E-state index contributed by atoms with van der Waals surface area (Å²) in [6.07, 6.45) is 0. The van der Waals surface area contributed by atoms with Crippen molar-refractivity contribution in [2.24, 2.45) is 0 Å². The zero-order valence-corrected chi connectivity index (χ0v) is 13.3. The van der Waals surface area contributed by atoms with Crippen molar-refractivity contribution in [1.82, 2.24) is 5.32 Å². The van der Waals surface area contributed by atoms with Gasteiger partial charge in [0.15, 0.2) is 0 Å². The lowest BCUT2D eigenvalue weighted by Crippen LogP contribution is -2.23. The Morgan fingerprint density at radius 1 is 0.900 bits per heavy atom. The summed E-state index contributed by atoms with van der Waals surface area (Å²) in [7, 11) is 0. The maximum atomic E-state index is 6.27. The molecule has 20 heavy (non-hydrogen) atoms. The predicted octanol–water partition coefficient (Wildman–Crippen LogP) is 5.37. The van der Waals surface area contributed by atoms with Crippen LogP contribution in [-0.2, 0) is 0 Å². The number of hydrogen-bond acceptors (Lipinski definition) is 1. The molecule has 0 aliphatic carbocycles. The molecule has 0 saturated carbocycles. The largest absolute Gasteiger partial charge is 0.304 e. The minimum Gasteiger partial charge on any atom is -0.304 e. The maximum absolute atomic E-state index is 6.27. The molecule has 1 nitrogen and oxygen atoms in total. The van der Waals surface area contributed by atoms with E-state index in [2.05, 4.69) is 57.3 Å². The van der Waals surface area contributed by atoms with Gasteiger partial charge in [0.05, 0.1) is 0 Å². The fourth-order valence-electron chi connectivity index (χ4n) is 2.61. The summed E-state index contributed by atoms with van der Waals surface area (Å²) in [5.41, 5.74) is 5.11. The van der Waals surface area contributed by atoms with Crippen LogP contribution < -0.4 is 5.32 Å². The second-order valence-electron chi connectivity index (χ2n) is 5.49. The molecule has 1 N–H and O–H groups in total. The summed E-state index contributed by atoms with van der Waals surface area (Å²) in [5, 5.41) is 4.46. The molecule has 0 heterocycles. The average Bonchev–Trinajstić information content (AvgIpc) is 2.41. The van der Waals surface area contributed by atoms with Gasteiger partial charge < -0.3 is 5.32 Å². The molecule has 0 aromatic heterocycles. The molecule has 0 amide bonds. The first-order chi connectivity index (χ1) is 9.49. The Morgan fingerprint density at radius 2 is 1.55 bits per heavy atom. The maximum Gasteiger partial charge on any atom is 0.0453 e. The molecule has 2 heteroatoms. The Hall–Kier alpha value is -1.31. The van der Waals surface area contributed by atoms with Crippen LogP contribution in [0.1, 0.15) is 48.2 Å². The highest BCUT2D eigenvalue weighted by atomic mass is 35.5. The van der Waals surface area contributed by atoms with Gasteiger partial charge in [0.25, 0.3) is 0 Å². The van der Waals surface area contributed by atoms with Crippen molar-refractivity contribution in [3.63, 3.8) is 0 Å². The standard InChI is InChI=1S/C18H22ClN/c1-12-9-10-13(2)17(11-12)15(4)20-14(3)16-7-5-6-8-18(16)19/h5-11,14-15,20H,1-4H3. The van der Waals surface area contributed by atoms with Gasteiger partial charge in [-0.1, -0.05) is 53.6 Å². The van der Waals surface area contributed by atoms with Gasteiger partial charge in [-0.15, -0.1) is 0 Å². The molecule has 0 radical (unpaired) electrons. The van der Waals surface area contributed by atoms with Crippen molar-refractivity contribution in [3.8, 4) is 0 Å². The van der Waals surface area contributed by atoms with Crippen LogP contribution in [0.15, 0.2) is 42.5 Å². The third kappa shape index (κ3) is 3.41. The summed E-state index contributed by atoms with van der Waals surface area (Å²) in [6, 6.07) is 15.1. The van der Waals surface area contributed by atoms with Crippen LogP contribution in [0.5, 0.6) is 0 Å². The molecule has 2 rings (SSSR count). The Morgan fingerprint density at radius 3 is 2.25 bits per heavy atom. The zero-order chi connectivity index (χ0) is 14.7. The summed E-state index contributed by atoms with van der Waals surface area (Å²) in [6.45, 7) is 8.65. The monoisotopic (exact) mass is 287 g/mol. The van der Waals surface area contributed by atoms with E-state index < -0.39 is 0 Å². The van der Waals surface area contributed by atoms with Crippen LogP contribution in [0.4, 0.5) is 0 Å². The van der Waals surface area contributed by atoms with Crippen LogP contribution >= 0.6 is 11.6 Å². The average molecular weight is 288 g/mol. The summed E-state index contributed by atoms with van der Waals surface area (Å²) in [5.74, 6) is 0. The second kappa shape index (κ2) is 6.43. The topological polar surface area (TPSA) is 12.0 Å². The first-order valence-electron chi connectivity index (χ1n) is 7.06. The second-order valence-corrected chi connectivity index (χ2v) is 5.90. The van der Waals surface area contributed by atoms with Crippen molar-refractivity contribution >= 4 is 11.6 Å². The first-order valence-corrected chi connectivity index (χ1v) is 7.44. The molecule has 0 aliphatic heterocycles. The molecule has 0 bridgehead atoms. The lowest BCUT2D eigenvalue weighted by molar-refractivity contribution is 0.493. The minimum atomic E-state index is 0.221. The van der Waals surface area contributed by atoms with E-state index in [9.17, 15) is 0 Å². The number of aryl methyl sites for hydroxylation is 2. The van der Waals surface area contributed by atoms with E-state index in [-0.39, 0.29) is 6.04 Å². The van der Waals surface area contributed by atoms with Crippen molar-refractivity contribution in [1.29, 1.82) is 0 Å². The van der Waals surface area contributed by atoms with Crippen molar-refractivity contribution in [2.75, 3.05) is 0 Å². The highest BCUT2D eigenvalue weighted by molar-refractivity contribution is 6.31. The van der Waals surface area contributed by atoms with Gasteiger partial charge in [-0.25, -0.2) is 0 Å². The van der Waals surface area contributed by atoms with E-state index in [4.69, 9.17) is 11.6 Å². The summed E-state index contributed by atoms with van der Waals surface area (Å²) in [4.78, 5) is 0. The van der Waals surface area contributed by atoms with E-state index in [0.29, 0.717) is 6.04 Å². The number of hydrogen-bond donors (Lipinski definition) is 1. The third-order valence-corrected chi connectivity index (χ3v) is 4.12. The highest BCUT2D eigenvalue weighted by Crippen LogP contribution is 2.26. The van der Waals surface area contributed by atoms with E-state index in [1.54, 1.807) is 0 Å². The van der Waals surface area contributed by atoms with Gasteiger partial charge in [-0.2, -0.15) is 0 Å². The van der Waals surface area contributed by atoms with Crippen molar-refractivity contribution in [3.05, 3.63) is 69.7 Å². The van der Waals surface area contributed by atoms with Crippen molar-refractivity contribution < 1.29 is 0 Å². The van der Waals surface area contributed by atoms with Gasteiger partial charge >= 0.3 is 0 Å². The molecular formula is C18H22ClN. The molecule has 106 valence electrons. The van der Waals surface area contributed by atoms with E-state index >= 15 is 0 Å². The van der Waals surface area contributed by atoms with Gasteiger partial charge in [-0.3, -0.25) is 0 Å². The summed E-state index contributed by atoms with van der Waals surface area (Å²) < 4.78 is 0. The number of benzene rings is 2. The lowest BCUT2D eigenvalue weighted by Gasteiger charge is -2.23. The van der Waals surface area contributed by atoms with E-state index in [0.717, 1.165) is 10.6 Å². The molecule has 0 aliphatic rings. The fourth-order valence-corrected chi connectivity index (χ4v) is 2.91. The van der Waals surface area contributed by atoms with Gasteiger partial charge in [-0.05, 0) is 50.5 Å². The van der Waals surface area contributed by atoms with Crippen LogP contribution in [-0.4, -0.2) is 0 Å². The normalized spacial score (nSPS) is 14.1. The first kappa shape index (κ1) is 15.1. The molecule has 0 fully saturated rings. The molecule has 2 aromatic rings. The molecule has 2 unspecified atom stereocenters. The predicted molar refractivity (Wildman–Crippen MR) is 87.3 cm³/mol. The highest BCUT2D eigenvalue weighted by Gasteiger charge is 2.14. The van der Waals surface area contributed by atoms with Crippen molar-refractivity contribution in [2.45, 2.75) is 39.8 Å². The van der Waals surface area contributed by atoms with Crippen LogP contribution in [0.3, 0.4) is 0 Å². The van der Waals surface area contributed by atoms with Gasteiger partial charge in [0.1, 0.15) is 0 Å². The Labute approximate surface area is 127 Å². The lowest BCUT2D eigenvalue weighted by atomic mass is 9.98. The van der Waals surface area contributed by atoms with Crippen LogP contribution in [0, 0.1) is 13.8 Å². The summed E-state index contributed by atoms with van der Waals surface area (Å²) >= 11 is 6.27. The van der Waals surface area contributed by atoms with Crippen LogP contribution in [0.2, 0.25) is 5.02 Å². The molecular weight excluding hydrogens is 266 g/mol. The third-order valence-electron chi connectivity index (χ3n) is 3.77. The number of rotatable bonds is 4. The SMILES string of the molecule is Cc1ccc(C)c(C(C)NC(C)c2ccccc2Cl)c1. The molecule has 2 aromatic carbocycles. The Kier molecular flexibility index (Phi) is 4.85. The zero-order valence-electron chi connectivity index (χ0n) is 12.6. The minimum absolute atomic E-state index is 0.221. The number of halogens is 1. The Balaban J connectivity index is 2.17. The molecule has 2 atom stereocenters. The smallest absolute Gasteiger partial charge is 0.0453 e. The van der Waals surface area contributed by atoms with Gasteiger partial charge in [0, 0.05) is 17.1 Å².